The Morgan fingerprint density at radius 2 is 2.09 bits per heavy atom. The molecule has 0 radical (unpaired) electrons. The predicted octanol–water partition coefficient (Wildman–Crippen LogP) is 4.43. The van der Waals surface area contributed by atoms with E-state index in [1.54, 1.807) is 0 Å². The zero-order valence-electron chi connectivity index (χ0n) is 11.2. The van der Waals surface area contributed by atoms with E-state index in [-0.39, 0.29) is 5.69 Å². The number of nitrogens with zero attached hydrogens (tertiary/aromatic N) is 2. The predicted molar refractivity (Wildman–Crippen MR) is 78.4 cm³/mol. The number of thiophene rings is 1. The standard InChI is InChI=1S/C13H10F3N3O2S/c1-8-4-5-22-12(8)7-17-18-10-3-2-9(13(14,15)16)6-11(10)19(20)21/h2-7,18H,1H3. The van der Waals surface area contributed by atoms with Crippen molar-refractivity contribution in [3.63, 3.8) is 0 Å². The number of hydrazone groups is 1. The Labute approximate surface area is 127 Å². The third kappa shape index (κ3) is 3.61. The first kappa shape index (κ1) is 16.0. The molecule has 1 heterocycles. The van der Waals surface area contributed by atoms with Gasteiger partial charge in [-0.3, -0.25) is 15.5 Å². The van der Waals surface area contributed by atoms with Crippen LogP contribution in [0.1, 0.15) is 16.0 Å². The minimum absolute atomic E-state index is 0.108. The zero-order valence-corrected chi connectivity index (χ0v) is 12.0. The fraction of sp³-hybridized carbons (Fsp3) is 0.154. The summed E-state index contributed by atoms with van der Waals surface area (Å²) in [6, 6.07) is 4.11. The average molecular weight is 329 g/mol. The molecule has 2 rings (SSSR count). The minimum atomic E-state index is -4.64. The van der Waals surface area contributed by atoms with Crippen LogP contribution in [-0.2, 0) is 6.18 Å². The van der Waals surface area contributed by atoms with Gasteiger partial charge in [-0.05, 0) is 36.1 Å². The lowest BCUT2D eigenvalue weighted by molar-refractivity contribution is -0.384. The van der Waals surface area contributed by atoms with Gasteiger partial charge in [0, 0.05) is 10.9 Å². The maximum absolute atomic E-state index is 12.6. The van der Waals surface area contributed by atoms with Crippen molar-refractivity contribution in [2.45, 2.75) is 13.1 Å². The van der Waals surface area contributed by atoms with E-state index in [1.807, 2.05) is 18.4 Å². The second-order valence-electron chi connectivity index (χ2n) is 4.32. The number of aryl methyl sites for hydroxylation is 1. The van der Waals surface area contributed by atoms with Crippen molar-refractivity contribution in [1.82, 2.24) is 0 Å². The lowest BCUT2D eigenvalue weighted by atomic mass is 10.1. The van der Waals surface area contributed by atoms with Crippen molar-refractivity contribution in [3.8, 4) is 0 Å². The summed E-state index contributed by atoms with van der Waals surface area (Å²) >= 11 is 1.43. The Morgan fingerprint density at radius 1 is 1.36 bits per heavy atom. The highest BCUT2D eigenvalue weighted by Crippen LogP contribution is 2.34. The van der Waals surface area contributed by atoms with Crippen molar-refractivity contribution in [3.05, 3.63) is 55.8 Å². The van der Waals surface area contributed by atoms with Crippen molar-refractivity contribution in [1.29, 1.82) is 0 Å². The Bertz CT molecular complexity index is 726. The van der Waals surface area contributed by atoms with Gasteiger partial charge < -0.3 is 0 Å². The summed E-state index contributed by atoms with van der Waals surface area (Å²) in [5.74, 6) is 0. The summed E-state index contributed by atoms with van der Waals surface area (Å²) in [6.45, 7) is 1.87. The minimum Gasteiger partial charge on any atom is -0.272 e. The van der Waals surface area contributed by atoms with Crippen LogP contribution in [0.4, 0.5) is 24.5 Å². The zero-order chi connectivity index (χ0) is 16.3. The van der Waals surface area contributed by atoms with Crippen LogP contribution in [0.3, 0.4) is 0 Å². The first-order valence-corrected chi connectivity index (χ1v) is 6.86. The number of halogens is 3. The van der Waals surface area contributed by atoms with E-state index in [9.17, 15) is 23.3 Å². The van der Waals surface area contributed by atoms with Crippen LogP contribution in [0, 0.1) is 17.0 Å². The molecule has 1 N–H and O–H groups in total. The number of alkyl halides is 3. The SMILES string of the molecule is Cc1ccsc1C=NNc1ccc(C(F)(F)F)cc1[N+](=O)[O-]. The van der Waals surface area contributed by atoms with E-state index in [0.29, 0.717) is 6.07 Å². The van der Waals surface area contributed by atoms with Gasteiger partial charge in [0.25, 0.3) is 5.69 Å². The Morgan fingerprint density at radius 3 is 2.64 bits per heavy atom. The summed E-state index contributed by atoms with van der Waals surface area (Å²) in [5.41, 5.74) is 1.52. The number of hydrogen-bond acceptors (Lipinski definition) is 5. The molecular weight excluding hydrogens is 319 g/mol. The fourth-order valence-corrected chi connectivity index (χ4v) is 2.42. The highest BCUT2D eigenvalue weighted by Gasteiger charge is 2.33. The smallest absolute Gasteiger partial charge is 0.272 e. The van der Waals surface area contributed by atoms with E-state index in [4.69, 9.17) is 0 Å². The van der Waals surface area contributed by atoms with Crippen LogP contribution in [0.25, 0.3) is 0 Å². The number of nitro groups is 1. The molecule has 1 aromatic heterocycles. The maximum atomic E-state index is 12.6. The second-order valence-corrected chi connectivity index (χ2v) is 5.27. The molecule has 9 heteroatoms. The number of hydrogen-bond donors (Lipinski definition) is 1. The first-order valence-electron chi connectivity index (χ1n) is 5.98. The molecule has 0 aliphatic rings. The maximum Gasteiger partial charge on any atom is 0.416 e. The molecule has 116 valence electrons. The van der Waals surface area contributed by atoms with E-state index in [0.717, 1.165) is 22.6 Å². The van der Waals surface area contributed by atoms with Gasteiger partial charge in [-0.1, -0.05) is 0 Å². The van der Waals surface area contributed by atoms with Crippen LogP contribution >= 0.6 is 11.3 Å². The van der Waals surface area contributed by atoms with E-state index >= 15 is 0 Å². The number of benzene rings is 1. The molecule has 0 spiro atoms. The molecule has 5 nitrogen and oxygen atoms in total. The van der Waals surface area contributed by atoms with Gasteiger partial charge in [0.05, 0.1) is 16.7 Å². The molecular formula is C13H10F3N3O2S. The quantitative estimate of drug-likeness (QED) is 0.512. The van der Waals surface area contributed by atoms with Gasteiger partial charge in [0.2, 0.25) is 0 Å². The van der Waals surface area contributed by atoms with Gasteiger partial charge in [0.1, 0.15) is 5.69 Å². The monoisotopic (exact) mass is 329 g/mol. The Balaban J connectivity index is 2.25. The van der Waals surface area contributed by atoms with E-state index in [1.165, 1.54) is 17.6 Å². The van der Waals surface area contributed by atoms with Crippen molar-refractivity contribution in [2.24, 2.45) is 5.10 Å². The van der Waals surface area contributed by atoms with Gasteiger partial charge in [-0.2, -0.15) is 18.3 Å². The summed E-state index contributed by atoms with van der Waals surface area (Å²) in [6.07, 6.45) is -3.18. The number of anilines is 1. The average Bonchev–Trinajstić information content (AvgIpc) is 2.83. The number of nitrogens with one attached hydrogen (secondary N) is 1. The number of nitro benzene ring substituents is 1. The molecule has 0 saturated heterocycles. The highest BCUT2D eigenvalue weighted by molar-refractivity contribution is 7.11. The molecule has 0 saturated carbocycles. The van der Waals surface area contributed by atoms with Crippen LogP contribution in [0.15, 0.2) is 34.7 Å². The summed E-state index contributed by atoms with van der Waals surface area (Å²) in [4.78, 5) is 10.9. The topological polar surface area (TPSA) is 67.5 Å². The van der Waals surface area contributed by atoms with Gasteiger partial charge >= 0.3 is 6.18 Å². The summed E-state index contributed by atoms with van der Waals surface area (Å²) in [7, 11) is 0. The van der Waals surface area contributed by atoms with E-state index < -0.39 is 22.4 Å². The molecule has 0 aliphatic heterocycles. The Hall–Kier alpha value is -2.42. The summed E-state index contributed by atoms with van der Waals surface area (Å²) < 4.78 is 37.7. The first-order chi connectivity index (χ1) is 10.3. The van der Waals surface area contributed by atoms with Gasteiger partial charge in [0.15, 0.2) is 0 Å². The molecule has 2 aromatic rings. The van der Waals surface area contributed by atoms with Crippen LogP contribution < -0.4 is 5.43 Å². The lowest BCUT2D eigenvalue weighted by Gasteiger charge is -2.08. The molecule has 0 fully saturated rings. The van der Waals surface area contributed by atoms with Crippen molar-refractivity contribution in [2.75, 3.05) is 5.43 Å². The second kappa shape index (κ2) is 6.14. The fourth-order valence-electron chi connectivity index (χ4n) is 1.63. The molecule has 0 aliphatic carbocycles. The molecule has 1 aromatic carbocycles. The molecule has 0 amide bonds. The van der Waals surface area contributed by atoms with Gasteiger partial charge in [-0.15, -0.1) is 11.3 Å². The number of rotatable bonds is 4. The third-order valence-corrected chi connectivity index (χ3v) is 3.74. The normalized spacial score (nSPS) is 11.8. The molecule has 0 bridgehead atoms. The van der Waals surface area contributed by atoms with Crippen molar-refractivity contribution >= 4 is 28.9 Å². The molecule has 0 atom stereocenters. The summed E-state index contributed by atoms with van der Waals surface area (Å²) in [5, 5.41) is 16.6. The van der Waals surface area contributed by atoms with Gasteiger partial charge in [-0.25, -0.2) is 0 Å². The Kier molecular flexibility index (Phi) is 4.45. The molecule has 22 heavy (non-hydrogen) atoms. The lowest BCUT2D eigenvalue weighted by Crippen LogP contribution is -2.06. The highest BCUT2D eigenvalue weighted by atomic mass is 32.1. The largest absolute Gasteiger partial charge is 0.416 e. The molecule has 0 unspecified atom stereocenters. The van der Waals surface area contributed by atoms with Crippen LogP contribution in [-0.4, -0.2) is 11.1 Å². The van der Waals surface area contributed by atoms with E-state index in [2.05, 4.69) is 10.5 Å². The van der Waals surface area contributed by atoms with Crippen molar-refractivity contribution < 1.29 is 18.1 Å². The van der Waals surface area contributed by atoms with Crippen LogP contribution in [0.5, 0.6) is 0 Å². The third-order valence-electron chi connectivity index (χ3n) is 2.79. The van der Waals surface area contributed by atoms with Crippen LogP contribution in [0.2, 0.25) is 0 Å².